The Balaban J connectivity index is 1.35. The van der Waals surface area contributed by atoms with Crippen LogP contribution in [0.3, 0.4) is 0 Å². The highest BCUT2D eigenvalue weighted by molar-refractivity contribution is 5.72. The second-order valence-electron chi connectivity index (χ2n) is 8.56. The molecule has 2 aliphatic rings. The summed E-state index contributed by atoms with van der Waals surface area (Å²) < 4.78 is 31.2. The lowest BCUT2D eigenvalue weighted by molar-refractivity contribution is -0.134. The summed E-state index contributed by atoms with van der Waals surface area (Å²) in [5.41, 5.74) is 0. The molecular weight excluding hydrogens is 346 g/mol. The molecule has 0 heterocycles. The van der Waals surface area contributed by atoms with E-state index in [1.54, 1.807) is 0 Å². The number of carbonyl (C=O) groups excluding carboxylic acids is 1. The van der Waals surface area contributed by atoms with Crippen molar-refractivity contribution in [1.82, 2.24) is 0 Å². The molecule has 0 aromatic heterocycles. The molecule has 2 aliphatic carbocycles. The van der Waals surface area contributed by atoms with Gasteiger partial charge in [-0.05, 0) is 67.9 Å². The molecule has 1 aromatic rings. The van der Waals surface area contributed by atoms with Crippen molar-refractivity contribution in [1.29, 1.82) is 0 Å². The lowest BCUT2D eigenvalue weighted by Crippen LogP contribution is -2.26. The zero-order chi connectivity index (χ0) is 19.2. The van der Waals surface area contributed by atoms with Crippen molar-refractivity contribution in [2.75, 3.05) is 0 Å². The third-order valence-corrected chi connectivity index (χ3v) is 6.91. The molecule has 0 bridgehead atoms. The summed E-state index contributed by atoms with van der Waals surface area (Å²) in [6, 6.07) is 3.19. The summed E-state index contributed by atoms with van der Waals surface area (Å²) in [4.78, 5) is 12.0. The van der Waals surface area contributed by atoms with Crippen molar-refractivity contribution in [3.05, 3.63) is 29.8 Å². The summed E-state index contributed by atoms with van der Waals surface area (Å²) >= 11 is 0. The Morgan fingerprint density at radius 2 is 1.52 bits per heavy atom. The SMILES string of the molecule is CC[C@H]1CC[C@H](C2CCC(CCC(=O)Oc3ccc(F)c(F)c3)CC2)CC1. The Hall–Kier alpha value is -1.45. The van der Waals surface area contributed by atoms with Crippen LogP contribution in [0.1, 0.15) is 77.6 Å². The fourth-order valence-electron chi connectivity index (χ4n) is 5.06. The topological polar surface area (TPSA) is 26.3 Å². The highest BCUT2D eigenvalue weighted by atomic mass is 19.2. The summed E-state index contributed by atoms with van der Waals surface area (Å²) in [5.74, 6) is 1.14. The van der Waals surface area contributed by atoms with Crippen molar-refractivity contribution in [3.8, 4) is 5.75 Å². The van der Waals surface area contributed by atoms with E-state index >= 15 is 0 Å². The van der Waals surface area contributed by atoms with Gasteiger partial charge in [-0.1, -0.05) is 39.0 Å². The van der Waals surface area contributed by atoms with Crippen LogP contribution in [-0.4, -0.2) is 5.97 Å². The van der Waals surface area contributed by atoms with Crippen molar-refractivity contribution in [2.45, 2.75) is 77.6 Å². The van der Waals surface area contributed by atoms with Gasteiger partial charge in [0.2, 0.25) is 0 Å². The summed E-state index contributed by atoms with van der Waals surface area (Å²) in [6.07, 6.45) is 13.2. The molecule has 27 heavy (non-hydrogen) atoms. The molecule has 1 aromatic carbocycles. The number of rotatable bonds is 6. The number of hydrogen-bond acceptors (Lipinski definition) is 2. The molecule has 0 spiro atoms. The third-order valence-electron chi connectivity index (χ3n) is 6.91. The van der Waals surface area contributed by atoms with Crippen LogP contribution in [0.5, 0.6) is 5.75 Å². The fourth-order valence-corrected chi connectivity index (χ4v) is 5.06. The molecule has 150 valence electrons. The standard InChI is InChI=1S/C23H32F2O2/c1-2-16-3-8-18(9-4-16)19-10-5-17(6-11-19)7-14-23(26)27-20-12-13-21(24)22(25)15-20/h12-13,15-19H,2-11,14H2,1H3/t16-,17?,18-,19?. The monoisotopic (exact) mass is 378 g/mol. The van der Waals surface area contributed by atoms with Gasteiger partial charge in [0.1, 0.15) is 5.75 Å². The van der Waals surface area contributed by atoms with Crippen molar-refractivity contribution in [2.24, 2.45) is 23.7 Å². The van der Waals surface area contributed by atoms with Crippen LogP contribution < -0.4 is 4.74 Å². The molecule has 3 rings (SSSR count). The van der Waals surface area contributed by atoms with Crippen LogP contribution in [0.4, 0.5) is 8.78 Å². The molecule has 2 nitrogen and oxygen atoms in total. The van der Waals surface area contributed by atoms with Gasteiger partial charge in [0.15, 0.2) is 11.6 Å². The van der Waals surface area contributed by atoms with E-state index in [9.17, 15) is 13.6 Å². The minimum Gasteiger partial charge on any atom is -0.426 e. The van der Waals surface area contributed by atoms with Crippen LogP contribution in [0.15, 0.2) is 18.2 Å². The van der Waals surface area contributed by atoms with Crippen molar-refractivity contribution < 1.29 is 18.3 Å². The van der Waals surface area contributed by atoms with Crippen molar-refractivity contribution in [3.63, 3.8) is 0 Å². The van der Waals surface area contributed by atoms with Gasteiger partial charge in [-0.25, -0.2) is 8.78 Å². The van der Waals surface area contributed by atoms with Gasteiger partial charge < -0.3 is 4.74 Å². The number of halogens is 2. The van der Waals surface area contributed by atoms with Gasteiger partial charge >= 0.3 is 5.97 Å². The van der Waals surface area contributed by atoms with E-state index < -0.39 is 11.6 Å². The highest BCUT2D eigenvalue weighted by Crippen LogP contribution is 2.42. The van der Waals surface area contributed by atoms with Gasteiger partial charge in [-0.15, -0.1) is 0 Å². The third kappa shape index (κ3) is 5.76. The number of ether oxygens (including phenoxy) is 1. The first kappa shape index (κ1) is 20.3. The zero-order valence-electron chi connectivity index (χ0n) is 16.4. The number of esters is 1. The average molecular weight is 379 g/mol. The molecule has 0 N–H and O–H groups in total. The molecule has 0 aliphatic heterocycles. The lowest BCUT2D eigenvalue weighted by Gasteiger charge is -2.37. The van der Waals surface area contributed by atoms with Crippen LogP contribution >= 0.6 is 0 Å². The first-order valence-electron chi connectivity index (χ1n) is 10.7. The van der Waals surface area contributed by atoms with E-state index in [1.165, 1.54) is 63.9 Å². The van der Waals surface area contributed by atoms with Crippen LogP contribution in [0, 0.1) is 35.3 Å². The first-order valence-corrected chi connectivity index (χ1v) is 10.7. The molecule has 0 saturated heterocycles. The van der Waals surface area contributed by atoms with Crippen LogP contribution in [0.25, 0.3) is 0 Å². The van der Waals surface area contributed by atoms with E-state index in [4.69, 9.17) is 4.74 Å². The minimum absolute atomic E-state index is 0.0743. The maximum absolute atomic E-state index is 13.2. The summed E-state index contributed by atoms with van der Waals surface area (Å²) in [6.45, 7) is 2.31. The molecule has 0 amide bonds. The fraction of sp³-hybridized carbons (Fsp3) is 0.696. The maximum Gasteiger partial charge on any atom is 0.311 e. The van der Waals surface area contributed by atoms with Gasteiger partial charge in [-0.2, -0.15) is 0 Å². The normalized spacial score (nSPS) is 28.7. The predicted molar refractivity (Wildman–Crippen MR) is 102 cm³/mol. The van der Waals surface area contributed by atoms with Gasteiger partial charge in [0, 0.05) is 12.5 Å². The highest BCUT2D eigenvalue weighted by Gasteiger charge is 2.30. The number of carbonyl (C=O) groups is 1. The Labute approximate surface area is 161 Å². The van der Waals surface area contributed by atoms with E-state index in [0.717, 1.165) is 36.3 Å². The maximum atomic E-state index is 13.2. The summed E-state index contributed by atoms with van der Waals surface area (Å²) in [7, 11) is 0. The molecular formula is C23H32F2O2. The second-order valence-corrected chi connectivity index (χ2v) is 8.56. The molecule has 2 fully saturated rings. The molecule has 2 saturated carbocycles. The molecule has 0 atom stereocenters. The Morgan fingerprint density at radius 3 is 2.07 bits per heavy atom. The molecule has 0 unspecified atom stereocenters. The number of benzene rings is 1. The van der Waals surface area contributed by atoms with E-state index in [2.05, 4.69) is 6.92 Å². The molecule has 0 radical (unpaired) electrons. The average Bonchev–Trinajstić information content (AvgIpc) is 2.70. The smallest absolute Gasteiger partial charge is 0.311 e. The Morgan fingerprint density at radius 1 is 0.926 bits per heavy atom. The van der Waals surface area contributed by atoms with Crippen molar-refractivity contribution >= 4 is 5.97 Å². The van der Waals surface area contributed by atoms with E-state index in [-0.39, 0.29) is 11.7 Å². The first-order chi connectivity index (χ1) is 13.0. The van der Waals surface area contributed by atoms with Crippen LogP contribution in [0.2, 0.25) is 0 Å². The van der Waals surface area contributed by atoms with Gasteiger partial charge in [-0.3, -0.25) is 4.79 Å². The molecule has 4 heteroatoms. The Bertz CT molecular complexity index is 615. The van der Waals surface area contributed by atoms with Gasteiger partial charge in [0.25, 0.3) is 0 Å². The number of hydrogen-bond donors (Lipinski definition) is 0. The van der Waals surface area contributed by atoms with E-state index in [1.807, 2.05) is 0 Å². The largest absolute Gasteiger partial charge is 0.426 e. The lowest BCUT2D eigenvalue weighted by atomic mass is 9.68. The predicted octanol–water partition coefficient (Wildman–Crippen LogP) is 6.67. The quantitative estimate of drug-likeness (QED) is 0.408. The zero-order valence-corrected chi connectivity index (χ0v) is 16.4. The van der Waals surface area contributed by atoms with Gasteiger partial charge in [0.05, 0.1) is 0 Å². The second kappa shape index (κ2) is 9.66. The van der Waals surface area contributed by atoms with E-state index in [0.29, 0.717) is 12.3 Å². The minimum atomic E-state index is -0.994. The summed E-state index contributed by atoms with van der Waals surface area (Å²) in [5, 5.41) is 0. The Kier molecular flexibility index (Phi) is 7.26. The van der Waals surface area contributed by atoms with Crippen LogP contribution in [-0.2, 0) is 4.79 Å².